The summed E-state index contributed by atoms with van der Waals surface area (Å²) in [5, 5.41) is 0. The van der Waals surface area contributed by atoms with Gasteiger partial charge in [0.25, 0.3) is 0 Å². The maximum Gasteiger partial charge on any atom is 0.185 e. The lowest BCUT2D eigenvalue weighted by Crippen LogP contribution is -1.89. The summed E-state index contributed by atoms with van der Waals surface area (Å²) >= 11 is 1.69. The van der Waals surface area contributed by atoms with Crippen LogP contribution in [0.2, 0.25) is 0 Å². The molecule has 1 fully saturated rings. The third-order valence-electron chi connectivity index (χ3n) is 1.62. The lowest BCUT2D eigenvalue weighted by molar-refractivity contribution is 0.107. The number of aldehydes is 1. The molecule has 1 unspecified atom stereocenters. The van der Waals surface area contributed by atoms with E-state index in [1.807, 2.05) is 0 Å². The van der Waals surface area contributed by atoms with Crippen LogP contribution in [0.5, 0.6) is 0 Å². The van der Waals surface area contributed by atoms with Crippen molar-refractivity contribution in [2.75, 3.05) is 12.4 Å². The Labute approximate surface area is 74.1 Å². The molecule has 12 heavy (non-hydrogen) atoms. The molecule has 2 heterocycles. The van der Waals surface area contributed by atoms with Crippen LogP contribution < -0.4 is 0 Å². The zero-order valence-corrected chi connectivity index (χ0v) is 7.17. The summed E-state index contributed by atoms with van der Waals surface area (Å²) in [4.78, 5) is 10.3. The molecule has 0 amide bonds. The lowest BCUT2D eigenvalue weighted by Gasteiger charge is -2.02. The van der Waals surface area contributed by atoms with E-state index in [-0.39, 0.29) is 5.44 Å². The molecule has 3 nitrogen and oxygen atoms in total. The van der Waals surface area contributed by atoms with Gasteiger partial charge in [0.05, 0.1) is 6.61 Å². The van der Waals surface area contributed by atoms with E-state index in [1.54, 1.807) is 23.9 Å². The molecule has 0 spiro atoms. The second kappa shape index (κ2) is 3.33. The summed E-state index contributed by atoms with van der Waals surface area (Å²) in [6.07, 6.45) is 0.698. The summed E-state index contributed by atoms with van der Waals surface area (Å²) in [5.74, 6) is 2.09. The van der Waals surface area contributed by atoms with Gasteiger partial charge in [-0.15, -0.1) is 11.8 Å². The van der Waals surface area contributed by atoms with Gasteiger partial charge < -0.3 is 9.15 Å². The minimum absolute atomic E-state index is 0.0151. The molecule has 1 aliphatic rings. The van der Waals surface area contributed by atoms with E-state index in [4.69, 9.17) is 9.15 Å². The molecular formula is C8H8O3S. The fourth-order valence-electron chi connectivity index (χ4n) is 1.08. The van der Waals surface area contributed by atoms with Gasteiger partial charge in [0.15, 0.2) is 17.5 Å². The Morgan fingerprint density at radius 3 is 3.08 bits per heavy atom. The van der Waals surface area contributed by atoms with E-state index in [9.17, 15) is 4.79 Å². The highest BCUT2D eigenvalue weighted by molar-refractivity contribution is 7.99. The first-order valence-electron chi connectivity index (χ1n) is 3.68. The zero-order chi connectivity index (χ0) is 8.39. The molecule has 1 saturated heterocycles. The van der Waals surface area contributed by atoms with Crippen molar-refractivity contribution in [2.45, 2.75) is 5.44 Å². The van der Waals surface area contributed by atoms with Crippen LogP contribution in [-0.2, 0) is 4.74 Å². The van der Waals surface area contributed by atoms with E-state index < -0.39 is 0 Å². The maximum absolute atomic E-state index is 10.3. The summed E-state index contributed by atoms with van der Waals surface area (Å²) in [5.41, 5.74) is -0.0151. The summed E-state index contributed by atoms with van der Waals surface area (Å²) in [6.45, 7) is 0.756. The fourth-order valence-corrected chi connectivity index (χ4v) is 1.97. The van der Waals surface area contributed by atoms with Crippen LogP contribution in [0.25, 0.3) is 0 Å². The predicted molar refractivity (Wildman–Crippen MR) is 45.2 cm³/mol. The predicted octanol–water partition coefficient (Wildman–Crippen LogP) is 1.85. The average Bonchev–Trinajstić information content (AvgIpc) is 2.75. The summed E-state index contributed by atoms with van der Waals surface area (Å²) in [6, 6.07) is 3.44. The monoisotopic (exact) mass is 184 g/mol. The van der Waals surface area contributed by atoms with Crippen molar-refractivity contribution < 1.29 is 13.9 Å². The van der Waals surface area contributed by atoms with E-state index >= 15 is 0 Å². The molecule has 1 atom stereocenters. The number of carbonyl (C=O) groups is 1. The highest BCUT2D eigenvalue weighted by atomic mass is 32.2. The Hall–Kier alpha value is -0.740. The van der Waals surface area contributed by atoms with E-state index in [2.05, 4.69) is 0 Å². The number of thioether (sulfide) groups is 1. The molecule has 0 N–H and O–H groups in total. The maximum atomic E-state index is 10.3. The van der Waals surface area contributed by atoms with Crippen LogP contribution in [0, 0.1) is 0 Å². The van der Waals surface area contributed by atoms with Gasteiger partial charge in [-0.1, -0.05) is 0 Å². The van der Waals surface area contributed by atoms with Crippen molar-refractivity contribution in [3.05, 3.63) is 23.7 Å². The van der Waals surface area contributed by atoms with Gasteiger partial charge in [0.1, 0.15) is 5.76 Å². The molecule has 64 valence electrons. The molecule has 0 bridgehead atoms. The molecule has 1 aromatic rings. The van der Waals surface area contributed by atoms with Crippen molar-refractivity contribution in [3.63, 3.8) is 0 Å². The molecule has 1 aromatic heterocycles. The Bertz CT molecular complexity index is 276. The molecule has 1 aliphatic heterocycles. The second-order valence-electron chi connectivity index (χ2n) is 2.43. The van der Waals surface area contributed by atoms with Gasteiger partial charge in [-0.05, 0) is 12.1 Å². The van der Waals surface area contributed by atoms with Crippen molar-refractivity contribution in [1.82, 2.24) is 0 Å². The molecule has 2 rings (SSSR count). The fraction of sp³-hybridized carbons (Fsp3) is 0.375. The highest BCUT2D eigenvalue weighted by Crippen LogP contribution is 2.35. The number of carbonyl (C=O) groups excluding carboxylic acids is 1. The Morgan fingerprint density at radius 2 is 2.50 bits per heavy atom. The van der Waals surface area contributed by atoms with Gasteiger partial charge in [-0.3, -0.25) is 4.79 Å². The third-order valence-corrected chi connectivity index (χ3v) is 2.69. The quantitative estimate of drug-likeness (QED) is 0.657. The first-order chi connectivity index (χ1) is 5.90. The van der Waals surface area contributed by atoms with Crippen molar-refractivity contribution in [2.24, 2.45) is 0 Å². The molecule has 0 aliphatic carbocycles. The molecule has 0 saturated carbocycles. The second-order valence-corrected chi connectivity index (χ2v) is 3.60. The number of rotatable bonds is 2. The van der Waals surface area contributed by atoms with Crippen LogP contribution in [0.15, 0.2) is 16.5 Å². The SMILES string of the molecule is O=Cc1ccc(C2OCCS2)o1. The van der Waals surface area contributed by atoms with Crippen LogP contribution in [-0.4, -0.2) is 18.6 Å². The number of ether oxygens (including phenoxy) is 1. The Morgan fingerprint density at radius 1 is 1.58 bits per heavy atom. The van der Waals surface area contributed by atoms with Crippen molar-refractivity contribution in [1.29, 1.82) is 0 Å². The van der Waals surface area contributed by atoms with Gasteiger partial charge in [-0.2, -0.15) is 0 Å². The molecule has 0 aromatic carbocycles. The Kier molecular flexibility index (Phi) is 2.19. The van der Waals surface area contributed by atoms with E-state index in [0.717, 1.165) is 18.1 Å². The van der Waals surface area contributed by atoms with Crippen LogP contribution >= 0.6 is 11.8 Å². The van der Waals surface area contributed by atoms with E-state index in [1.165, 1.54) is 0 Å². The largest absolute Gasteiger partial charge is 0.455 e. The minimum Gasteiger partial charge on any atom is -0.455 e. The number of furan rings is 1. The smallest absolute Gasteiger partial charge is 0.185 e. The Balaban J connectivity index is 2.16. The van der Waals surface area contributed by atoms with Gasteiger partial charge >= 0.3 is 0 Å². The van der Waals surface area contributed by atoms with Gasteiger partial charge in [-0.25, -0.2) is 0 Å². The van der Waals surface area contributed by atoms with Gasteiger partial charge in [0, 0.05) is 5.75 Å². The van der Waals surface area contributed by atoms with Gasteiger partial charge in [0.2, 0.25) is 0 Å². The highest BCUT2D eigenvalue weighted by Gasteiger charge is 2.21. The van der Waals surface area contributed by atoms with Crippen molar-refractivity contribution in [3.8, 4) is 0 Å². The topological polar surface area (TPSA) is 39.4 Å². The number of hydrogen-bond acceptors (Lipinski definition) is 4. The summed E-state index contributed by atoms with van der Waals surface area (Å²) in [7, 11) is 0. The van der Waals surface area contributed by atoms with Crippen LogP contribution in [0.1, 0.15) is 21.8 Å². The van der Waals surface area contributed by atoms with Crippen molar-refractivity contribution >= 4 is 18.0 Å². The van der Waals surface area contributed by atoms with Crippen LogP contribution in [0.3, 0.4) is 0 Å². The zero-order valence-electron chi connectivity index (χ0n) is 6.36. The lowest BCUT2D eigenvalue weighted by atomic mass is 10.4. The standard InChI is InChI=1S/C8H8O3S/c9-5-6-1-2-7(11-6)8-10-3-4-12-8/h1-2,5,8H,3-4H2. The first-order valence-corrected chi connectivity index (χ1v) is 4.73. The molecule has 0 radical (unpaired) electrons. The first kappa shape index (κ1) is 7.89. The number of hydrogen-bond donors (Lipinski definition) is 0. The normalized spacial score (nSPS) is 22.8. The third kappa shape index (κ3) is 1.40. The summed E-state index contributed by atoms with van der Waals surface area (Å²) < 4.78 is 10.6. The van der Waals surface area contributed by atoms with E-state index in [0.29, 0.717) is 12.0 Å². The average molecular weight is 184 g/mol. The molecule has 4 heteroatoms. The van der Waals surface area contributed by atoms with Crippen LogP contribution in [0.4, 0.5) is 0 Å². The minimum atomic E-state index is -0.0151. The molecular weight excluding hydrogens is 176 g/mol.